The van der Waals surface area contributed by atoms with Gasteiger partial charge in [-0.05, 0) is 90.1 Å². The number of sulfonamides is 1. The first kappa shape index (κ1) is 32.5. The van der Waals surface area contributed by atoms with Crippen LogP contribution in [-0.2, 0) is 39.4 Å². The zero-order valence-corrected chi connectivity index (χ0v) is 27.0. The molecule has 47 heavy (non-hydrogen) atoms. The van der Waals surface area contributed by atoms with Gasteiger partial charge < -0.3 is 5.11 Å². The lowest BCUT2D eigenvalue weighted by molar-refractivity contribution is -0.142. The summed E-state index contributed by atoms with van der Waals surface area (Å²) in [5.74, 6) is -0.934. The van der Waals surface area contributed by atoms with Crippen LogP contribution >= 0.6 is 0 Å². The van der Waals surface area contributed by atoms with Crippen LogP contribution in [-0.4, -0.2) is 23.8 Å². The van der Waals surface area contributed by atoms with Crippen molar-refractivity contribution in [3.63, 3.8) is 0 Å². The molecule has 0 radical (unpaired) electrons. The smallest absolute Gasteiger partial charge is 0.416 e. The Hall–Kier alpha value is -4.47. The summed E-state index contributed by atoms with van der Waals surface area (Å²) in [5.41, 5.74) is 2.85. The Morgan fingerprint density at radius 3 is 2.28 bits per heavy atom. The maximum Gasteiger partial charge on any atom is 0.416 e. The minimum Gasteiger partial charge on any atom is -0.481 e. The molecule has 5 aromatic rings. The van der Waals surface area contributed by atoms with Crippen LogP contribution in [0.1, 0.15) is 59.7 Å². The number of alkyl halides is 3. The highest BCUT2D eigenvalue weighted by atomic mass is 32.2. The Balaban J connectivity index is 1.41. The average molecular weight is 658 g/mol. The number of rotatable bonds is 8. The molecule has 1 N–H and O–H groups in total. The van der Waals surface area contributed by atoms with Gasteiger partial charge in [0.15, 0.2) is 0 Å². The zero-order valence-electron chi connectivity index (χ0n) is 26.2. The summed E-state index contributed by atoms with van der Waals surface area (Å²) in [7, 11) is -4.16. The minimum absolute atomic E-state index is 0.00247. The Morgan fingerprint density at radius 1 is 0.851 bits per heavy atom. The van der Waals surface area contributed by atoms with Crippen molar-refractivity contribution in [2.24, 2.45) is 0 Å². The van der Waals surface area contributed by atoms with Gasteiger partial charge in [-0.2, -0.15) is 17.5 Å². The van der Waals surface area contributed by atoms with Crippen LogP contribution in [0.2, 0.25) is 0 Å². The van der Waals surface area contributed by atoms with E-state index in [0.29, 0.717) is 46.0 Å². The third-order valence-corrected chi connectivity index (χ3v) is 11.3. The number of aryl methyl sites for hydroxylation is 2. The Morgan fingerprint density at radius 2 is 1.57 bits per heavy atom. The molecule has 0 amide bonds. The standard InChI is InChI=1S/C38H34F3NO4S/c1-24-11-14-27-7-4-5-10-33(27)35(24)47(45,46)42(34-20-17-29-22-31(38(39,40)41)18-19-32(29)34)23-25-12-15-26(16-13-25)28-8-6-9-30(21-28)37(2,3)36(43)44/h4-16,18-19,21-22,34H,17,20,23H2,1-3H3,(H,43,44). The van der Waals surface area contributed by atoms with Crippen LogP contribution in [0.5, 0.6) is 0 Å². The van der Waals surface area contributed by atoms with Crippen LogP contribution in [0.4, 0.5) is 13.2 Å². The molecule has 1 aliphatic carbocycles. The first-order chi connectivity index (χ1) is 22.2. The predicted octanol–water partition coefficient (Wildman–Crippen LogP) is 9.07. The molecule has 0 heterocycles. The fourth-order valence-electron chi connectivity index (χ4n) is 6.44. The second kappa shape index (κ2) is 12.0. The molecule has 0 spiro atoms. The summed E-state index contributed by atoms with van der Waals surface area (Å²) in [6, 6.07) is 28.6. The normalized spacial score (nSPS) is 15.3. The van der Waals surface area contributed by atoms with E-state index < -0.39 is 39.2 Å². The van der Waals surface area contributed by atoms with E-state index >= 15 is 0 Å². The molecule has 0 saturated carbocycles. The summed E-state index contributed by atoms with van der Waals surface area (Å²) in [6.45, 7) is 5.05. The fourth-order valence-corrected chi connectivity index (χ4v) is 8.48. The number of benzene rings is 5. The van der Waals surface area contributed by atoms with Gasteiger partial charge in [-0.25, -0.2) is 8.42 Å². The lowest BCUT2D eigenvalue weighted by atomic mass is 9.83. The number of carboxylic acid groups (broad SMARTS) is 1. The van der Waals surface area contributed by atoms with Gasteiger partial charge in [0.1, 0.15) is 0 Å². The van der Waals surface area contributed by atoms with E-state index in [4.69, 9.17) is 0 Å². The van der Waals surface area contributed by atoms with Gasteiger partial charge in [0.25, 0.3) is 0 Å². The maximum absolute atomic E-state index is 14.8. The second-order valence-electron chi connectivity index (χ2n) is 12.7. The minimum atomic E-state index is -4.50. The number of fused-ring (bicyclic) bond motifs is 2. The number of carbonyl (C=O) groups is 1. The highest BCUT2D eigenvalue weighted by Gasteiger charge is 2.39. The lowest BCUT2D eigenvalue weighted by Gasteiger charge is -2.30. The largest absolute Gasteiger partial charge is 0.481 e. The second-order valence-corrected chi connectivity index (χ2v) is 14.5. The van der Waals surface area contributed by atoms with Crippen LogP contribution in [0.25, 0.3) is 21.9 Å². The molecule has 1 atom stereocenters. The van der Waals surface area contributed by atoms with Crippen molar-refractivity contribution >= 4 is 26.8 Å². The van der Waals surface area contributed by atoms with Crippen molar-refractivity contribution in [1.29, 1.82) is 0 Å². The Labute approximate surface area is 272 Å². The van der Waals surface area contributed by atoms with E-state index in [1.807, 2.05) is 60.7 Å². The van der Waals surface area contributed by atoms with Crippen LogP contribution in [0, 0.1) is 6.92 Å². The SMILES string of the molecule is Cc1ccc2ccccc2c1S(=O)(=O)N(Cc1ccc(-c2cccc(C(C)(C)C(=O)O)c2)cc1)C1CCc2cc(C(F)(F)F)ccc21. The van der Waals surface area contributed by atoms with Gasteiger partial charge in [0.05, 0.1) is 21.9 Å². The number of hydrogen-bond donors (Lipinski definition) is 1. The van der Waals surface area contributed by atoms with Gasteiger partial charge in [0.2, 0.25) is 10.0 Å². The number of aliphatic carboxylic acids is 1. The van der Waals surface area contributed by atoms with E-state index in [9.17, 15) is 31.5 Å². The third kappa shape index (κ3) is 6.05. The first-order valence-corrected chi connectivity index (χ1v) is 16.8. The average Bonchev–Trinajstić information content (AvgIpc) is 3.46. The summed E-state index contributed by atoms with van der Waals surface area (Å²) in [4.78, 5) is 12.0. The molecule has 5 nitrogen and oxygen atoms in total. The summed E-state index contributed by atoms with van der Waals surface area (Å²) in [5, 5.41) is 11.1. The van der Waals surface area contributed by atoms with Gasteiger partial charge in [-0.1, -0.05) is 91.0 Å². The van der Waals surface area contributed by atoms with Gasteiger partial charge >= 0.3 is 12.1 Å². The highest BCUT2D eigenvalue weighted by Crippen LogP contribution is 2.43. The molecule has 0 fully saturated rings. The molecule has 0 aliphatic heterocycles. The van der Waals surface area contributed by atoms with Gasteiger partial charge in [-0.3, -0.25) is 4.79 Å². The molecule has 0 bridgehead atoms. The Bertz CT molecular complexity index is 2100. The Kier molecular flexibility index (Phi) is 8.26. The van der Waals surface area contributed by atoms with Crippen LogP contribution in [0.15, 0.2) is 108 Å². The predicted molar refractivity (Wildman–Crippen MR) is 176 cm³/mol. The molecule has 6 rings (SSSR count). The van der Waals surface area contributed by atoms with Crippen LogP contribution < -0.4 is 0 Å². The maximum atomic E-state index is 14.8. The monoisotopic (exact) mass is 657 g/mol. The van der Waals surface area contributed by atoms with Crippen molar-refractivity contribution in [3.05, 3.63) is 137 Å². The topological polar surface area (TPSA) is 74.7 Å². The van der Waals surface area contributed by atoms with E-state index in [2.05, 4.69) is 0 Å². The summed E-state index contributed by atoms with van der Waals surface area (Å²) < 4.78 is 71.6. The number of carboxylic acids is 1. The number of nitrogens with zero attached hydrogens (tertiary/aromatic N) is 1. The number of halogens is 3. The van der Waals surface area contributed by atoms with Crippen molar-refractivity contribution in [1.82, 2.24) is 4.31 Å². The molecule has 242 valence electrons. The third-order valence-electron chi connectivity index (χ3n) is 9.25. The quantitative estimate of drug-likeness (QED) is 0.181. The van der Waals surface area contributed by atoms with Crippen molar-refractivity contribution in [2.45, 2.75) is 62.7 Å². The zero-order chi connectivity index (χ0) is 33.7. The molecular formula is C38H34F3NO4S. The van der Waals surface area contributed by atoms with Gasteiger partial charge in [-0.15, -0.1) is 0 Å². The van der Waals surface area contributed by atoms with Crippen molar-refractivity contribution < 1.29 is 31.5 Å². The lowest BCUT2D eigenvalue weighted by Crippen LogP contribution is -2.34. The molecule has 5 aromatic carbocycles. The summed E-state index contributed by atoms with van der Waals surface area (Å²) in [6.07, 6.45) is -3.82. The molecule has 0 saturated heterocycles. The van der Waals surface area contributed by atoms with E-state index in [1.54, 1.807) is 45.0 Å². The van der Waals surface area contributed by atoms with Crippen molar-refractivity contribution in [2.75, 3.05) is 0 Å². The molecule has 0 aromatic heterocycles. The molecule has 9 heteroatoms. The first-order valence-electron chi connectivity index (χ1n) is 15.3. The highest BCUT2D eigenvalue weighted by molar-refractivity contribution is 7.89. The molecular weight excluding hydrogens is 623 g/mol. The van der Waals surface area contributed by atoms with E-state index in [0.717, 1.165) is 28.6 Å². The molecule has 1 aliphatic rings. The fraction of sp³-hybridized carbons (Fsp3) is 0.237. The summed E-state index contributed by atoms with van der Waals surface area (Å²) >= 11 is 0. The number of hydrogen-bond acceptors (Lipinski definition) is 3. The van der Waals surface area contributed by atoms with Crippen molar-refractivity contribution in [3.8, 4) is 11.1 Å². The van der Waals surface area contributed by atoms with E-state index in [1.165, 1.54) is 10.4 Å². The van der Waals surface area contributed by atoms with Gasteiger partial charge in [0, 0.05) is 11.9 Å². The van der Waals surface area contributed by atoms with E-state index in [-0.39, 0.29) is 11.4 Å². The molecule has 1 unspecified atom stereocenters. The van der Waals surface area contributed by atoms with Crippen LogP contribution in [0.3, 0.4) is 0 Å².